The Kier molecular flexibility index (Phi) is 7.71. The summed E-state index contributed by atoms with van der Waals surface area (Å²) in [7, 11) is -3.73. The first-order valence-corrected chi connectivity index (χ1v) is 14.9. The van der Waals surface area contributed by atoms with Crippen molar-refractivity contribution >= 4 is 27.3 Å². The molecular weight excluding hydrogens is 488 g/mol. The lowest BCUT2D eigenvalue weighted by Crippen LogP contribution is -2.51. The number of hydrogen-bond acceptors (Lipinski definition) is 3. The van der Waals surface area contributed by atoms with Crippen LogP contribution < -0.4 is 4.31 Å². The van der Waals surface area contributed by atoms with Crippen molar-refractivity contribution < 1.29 is 8.42 Å². The van der Waals surface area contributed by atoms with Gasteiger partial charge in [0.1, 0.15) is 0 Å². The molecule has 0 radical (unpaired) electrons. The first-order chi connectivity index (χ1) is 17.4. The summed E-state index contributed by atoms with van der Waals surface area (Å²) < 4.78 is 29.7. The van der Waals surface area contributed by atoms with Crippen molar-refractivity contribution in [3.05, 3.63) is 95.0 Å². The molecule has 3 aromatic carbocycles. The van der Waals surface area contributed by atoms with Gasteiger partial charge in [0.25, 0.3) is 10.0 Å². The molecule has 2 fully saturated rings. The Morgan fingerprint density at radius 3 is 2.14 bits per heavy atom. The summed E-state index contributed by atoms with van der Waals surface area (Å²) in [4.78, 5) is 2.92. The lowest BCUT2D eigenvalue weighted by molar-refractivity contribution is 0.107. The predicted octanol–water partition coefficient (Wildman–Crippen LogP) is 7.03. The number of aryl methyl sites for hydroxylation is 1. The smallest absolute Gasteiger partial charge is 0.264 e. The summed E-state index contributed by atoms with van der Waals surface area (Å²) in [5, 5.41) is 0.533. The van der Waals surface area contributed by atoms with Crippen LogP contribution in [0.5, 0.6) is 0 Å². The largest absolute Gasteiger partial charge is 0.300 e. The van der Waals surface area contributed by atoms with Crippen LogP contribution in [-0.2, 0) is 10.0 Å². The Morgan fingerprint density at radius 2 is 1.44 bits per heavy atom. The van der Waals surface area contributed by atoms with E-state index in [0.717, 1.165) is 37.2 Å². The molecule has 0 aromatic heterocycles. The van der Waals surface area contributed by atoms with Gasteiger partial charge in [-0.3, -0.25) is 9.21 Å². The molecule has 0 bridgehead atoms. The minimum Gasteiger partial charge on any atom is -0.300 e. The van der Waals surface area contributed by atoms with Gasteiger partial charge in [0, 0.05) is 30.2 Å². The molecule has 6 heteroatoms. The molecule has 5 rings (SSSR count). The highest BCUT2D eigenvalue weighted by atomic mass is 35.5. The number of piperidine rings is 1. The number of para-hydroxylation sites is 1. The van der Waals surface area contributed by atoms with Crippen LogP contribution in [-0.4, -0.2) is 38.5 Å². The molecule has 0 amide bonds. The summed E-state index contributed by atoms with van der Waals surface area (Å²) in [5.41, 5.74) is 3.18. The third-order valence-electron chi connectivity index (χ3n) is 7.98. The van der Waals surface area contributed by atoms with Crippen molar-refractivity contribution in [2.45, 2.75) is 68.3 Å². The number of anilines is 1. The highest BCUT2D eigenvalue weighted by molar-refractivity contribution is 7.92. The zero-order valence-corrected chi connectivity index (χ0v) is 22.5. The molecule has 2 atom stereocenters. The monoisotopic (exact) mass is 522 g/mol. The van der Waals surface area contributed by atoms with E-state index < -0.39 is 10.0 Å². The third-order valence-corrected chi connectivity index (χ3v) is 10.1. The molecular formula is C30H35ClN2O2S. The maximum atomic E-state index is 14.0. The molecule has 1 aliphatic heterocycles. The highest BCUT2D eigenvalue weighted by Gasteiger charge is 2.38. The number of sulfonamides is 1. The Bertz CT molecular complexity index is 1260. The molecule has 0 N–H and O–H groups in total. The van der Waals surface area contributed by atoms with Crippen molar-refractivity contribution in [2.75, 3.05) is 17.4 Å². The van der Waals surface area contributed by atoms with Crippen LogP contribution in [0.4, 0.5) is 5.69 Å². The Labute approximate surface area is 220 Å². The zero-order valence-electron chi connectivity index (χ0n) is 20.9. The Hall–Kier alpha value is -2.34. The molecule has 3 aromatic rings. The van der Waals surface area contributed by atoms with Crippen LogP contribution in [0.1, 0.15) is 55.6 Å². The number of halogens is 1. The third kappa shape index (κ3) is 5.20. The lowest BCUT2D eigenvalue weighted by atomic mass is 9.78. The number of rotatable bonds is 6. The van der Waals surface area contributed by atoms with E-state index in [-0.39, 0.29) is 10.9 Å². The second-order valence-electron chi connectivity index (χ2n) is 10.2. The Balaban J connectivity index is 1.40. The summed E-state index contributed by atoms with van der Waals surface area (Å²) in [6, 6.07) is 25.7. The van der Waals surface area contributed by atoms with Gasteiger partial charge in [-0.15, -0.1) is 0 Å². The summed E-state index contributed by atoms with van der Waals surface area (Å²) in [5.74, 6) is 0.557. The summed E-state index contributed by atoms with van der Waals surface area (Å²) in [6.45, 7) is 3.82. The minimum atomic E-state index is -3.73. The fraction of sp³-hybridized carbons (Fsp3) is 0.400. The van der Waals surface area contributed by atoms with Crippen molar-refractivity contribution in [1.82, 2.24) is 4.90 Å². The standard InChI is InChI=1S/C30H35ClN2O2S/c1-23-9-5-7-13-29(23)33(36(34,35)27-17-15-25(31)16-18-27)26-19-21-32(22-20-26)30-14-8-6-12-28(30)24-10-3-2-4-11-24/h2-5,7,9-11,13,15-18,26,28,30H,6,8,12,14,19-22H2,1H3. The van der Waals surface area contributed by atoms with E-state index >= 15 is 0 Å². The minimum absolute atomic E-state index is 0.0817. The second kappa shape index (κ2) is 11.0. The van der Waals surface area contributed by atoms with Gasteiger partial charge in [-0.2, -0.15) is 0 Å². The number of nitrogens with zero attached hydrogens (tertiary/aromatic N) is 2. The van der Waals surface area contributed by atoms with Gasteiger partial charge < -0.3 is 0 Å². The lowest BCUT2D eigenvalue weighted by Gasteiger charge is -2.45. The van der Waals surface area contributed by atoms with Crippen LogP contribution in [0, 0.1) is 6.92 Å². The van der Waals surface area contributed by atoms with E-state index in [9.17, 15) is 8.42 Å². The van der Waals surface area contributed by atoms with Crippen molar-refractivity contribution in [2.24, 2.45) is 0 Å². The summed E-state index contributed by atoms with van der Waals surface area (Å²) in [6.07, 6.45) is 6.64. The maximum Gasteiger partial charge on any atom is 0.264 e. The van der Waals surface area contributed by atoms with Gasteiger partial charge in [0.15, 0.2) is 0 Å². The van der Waals surface area contributed by atoms with E-state index in [4.69, 9.17) is 11.6 Å². The first-order valence-electron chi connectivity index (χ1n) is 13.1. The van der Waals surface area contributed by atoms with E-state index in [1.165, 1.54) is 31.2 Å². The molecule has 1 heterocycles. The van der Waals surface area contributed by atoms with Crippen LogP contribution in [0.2, 0.25) is 5.02 Å². The molecule has 1 saturated carbocycles. The molecule has 0 spiro atoms. The van der Waals surface area contributed by atoms with Gasteiger partial charge in [-0.05, 0) is 80.0 Å². The number of likely N-dealkylation sites (tertiary alicyclic amines) is 1. The predicted molar refractivity (Wildman–Crippen MR) is 148 cm³/mol. The van der Waals surface area contributed by atoms with Crippen LogP contribution in [0.15, 0.2) is 83.8 Å². The number of benzene rings is 3. The van der Waals surface area contributed by atoms with Crippen molar-refractivity contribution in [3.63, 3.8) is 0 Å². The van der Waals surface area contributed by atoms with E-state index in [1.54, 1.807) is 28.6 Å². The average Bonchev–Trinajstić information content (AvgIpc) is 2.91. The van der Waals surface area contributed by atoms with Gasteiger partial charge in [0.2, 0.25) is 0 Å². The van der Waals surface area contributed by atoms with Crippen LogP contribution in [0.25, 0.3) is 0 Å². The molecule has 190 valence electrons. The Morgan fingerprint density at radius 1 is 0.806 bits per heavy atom. The van der Waals surface area contributed by atoms with Gasteiger partial charge in [-0.1, -0.05) is 73.0 Å². The van der Waals surface area contributed by atoms with Gasteiger partial charge in [-0.25, -0.2) is 8.42 Å². The van der Waals surface area contributed by atoms with E-state index in [1.807, 2.05) is 31.2 Å². The fourth-order valence-corrected chi connectivity index (χ4v) is 8.04. The fourth-order valence-electron chi connectivity index (χ4n) is 6.14. The quantitative estimate of drug-likeness (QED) is 0.349. The number of hydrogen-bond donors (Lipinski definition) is 0. The topological polar surface area (TPSA) is 40.6 Å². The van der Waals surface area contributed by atoms with E-state index in [2.05, 4.69) is 35.2 Å². The SMILES string of the molecule is Cc1ccccc1N(C1CCN(C2CCCCC2c2ccccc2)CC1)S(=O)(=O)c1ccc(Cl)cc1. The molecule has 4 nitrogen and oxygen atoms in total. The molecule has 1 aliphatic carbocycles. The maximum absolute atomic E-state index is 14.0. The average molecular weight is 523 g/mol. The zero-order chi connectivity index (χ0) is 25.1. The second-order valence-corrected chi connectivity index (χ2v) is 12.4. The van der Waals surface area contributed by atoms with Crippen molar-refractivity contribution in [3.8, 4) is 0 Å². The normalized spacial score (nSPS) is 21.8. The van der Waals surface area contributed by atoms with E-state index in [0.29, 0.717) is 17.0 Å². The van der Waals surface area contributed by atoms with Gasteiger partial charge in [0.05, 0.1) is 10.6 Å². The molecule has 36 heavy (non-hydrogen) atoms. The van der Waals surface area contributed by atoms with Crippen LogP contribution >= 0.6 is 11.6 Å². The first kappa shape index (κ1) is 25.3. The summed E-state index contributed by atoms with van der Waals surface area (Å²) >= 11 is 6.06. The molecule has 2 unspecified atom stereocenters. The molecule has 2 aliphatic rings. The van der Waals surface area contributed by atoms with Crippen LogP contribution in [0.3, 0.4) is 0 Å². The van der Waals surface area contributed by atoms with Crippen molar-refractivity contribution in [1.29, 1.82) is 0 Å². The molecule has 1 saturated heterocycles. The van der Waals surface area contributed by atoms with Gasteiger partial charge >= 0.3 is 0 Å². The highest BCUT2D eigenvalue weighted by Crippen LogP contribution is 2.39.